The van der Waals surface area contributed by atoms with Crippen molar-refractivity contribution < 1.29 is 9.53 Å². The molecule has 0 radical (unpaired) electrons. The van der Waals surface area contributed by atoms with Crippen LogP contribution in [0.3, 0.4) is 0 Å². The third-order valence-electron chi connectivity index (χ3n) is 2.80. The number of nitrogens with two attached hydrogens (primary N) is 1. The molecule has 1 amide bonds. The molecule has 0 saturated heterocycles. The summed E-state index contributed by atoms with van der Waals surface area (Å²) in [6, 6.07) is 7.03. The molecule has 2 aromatic rings. The van der Waals surface area contributed by atoms with Crippen molar-refractivity contribution in [2.24, 2.45) is 0 Å². The second kappa shape index (κ2) is 5.43. The molecule has 0 unspecified atom stereocenters. The number of benzene rings is 1. The number of hydrogen-bond donors (Lipinski definition) is 3. The lowest BCUT2D eigenvalue weighted by Gasteiger charge is -2.05. The number of aromatic nitrogens is 2. The van der Waals surface area contributed by atoms with Gasteiger partial charge in [0.1, 0.15) is 5.75 Å². The highest BCUT2D eigenvalue weighted by molar-refractivity contribution is 6.06. The summed E-state index contributed by atoms with van der Waals surface area (Å²) in [5.41, 5.74) is 7.87. The molecular formula is C13H16N4O2. The lowest BCUT2D eigenvalue weighted by atomic mass is 10.2. The number of nitrogens with zero attached hydrogens (tertiary/aromatic N) is 1. The number of methoxy groups -OCH3 is 1. The number of carbonyl (C=O) groups is 1. The summed E-state index contributed by atoms with van der Waals surface area (Å²) in [6.07, 6.45) is 0.703. The number of carbonyl (C=O) groups excluding carboxylic acids is 1. The van der Waals surface area contributed by atoms with Crippen molar-refractivity contribution >= 4 is 17.3 Å². The minimum absolute atomic E-state index is 0.215. The zero-order chi connectivity index (χ0) is 13.8. The van der Waals surface area contributed by atoms with E-state index >= 15 is 0 Å². The number of amides is 1. The van der Waals surface area contributed by atoms with Gasteiger partial charge in [0.2, 0.25) is 0 Å². The highest BCUT2D eigenvalue weighted by Crippen LogP contribution is 2.18. The largest absolute Gasteiger partial charge is 0.497 e. The fourth-order valence-electron chi connectivity index (χ4n) is 1.69. The Bertz CT molecular complexity index is 575. The van der Waals surface area contributed by atoms with Crippen molar-refractivity contribution in [2.45, 2.75) is 13.3 Å². The fraction of sp³-hybridized carbons (Fsp3) is 0.231. The molecule has 0 bridgehead atoms. The number of rotatable bonds is 4. The van der Waals surface area contributed by atoms with E-state index in [9.17, 15) is 4.79 Å². The number of hydrogen-bond acceptors (Lipinski definition) is 4. The zero-order valence-corrected chi connectivity index (χ0v) is 10.9. The molecule has 6 heteroatoms. The number of anilines is 2. The highest BCUT2D eigenvalue weighted by Gasteiger charge is 2.16. The van der Waals surface area contributed by atoms with Crippen molar-refractivity contribution in [1.82, 2.24) is 10.2 Å². The molecule has 0 spiro atoms. The van der Waals surface area contributed by atoms with E-state index in [1.54, 1.807) is 31.4 Å². The van der Waals surface area contributed by atoms with Gasteiger partial charge in [-0.2, -0.15) is 5.10 Å². The molecule has 6 nitrogen and oxygen atoms in total. The van der Waals surface area contributed by atoms with E-state index in [1.165, 1.54) is 0 Å². The van der Waals surface area contributed by atoms with E-state index in [1.807, 2.05) is 6.92 Å². The van der Waals surface area contributed by atoms with Crippen molar-refractivity contribution in [2.75, 3.05) is 18.2 Å². The Balaban J connectivity index is 2.13. The van der Waals surface area contributed by atoms with Crippen LogP contribution in [0.25, 0.3) is 0 Å². The smallest absolute Gasteiger partial charge is 0.278 e. The minimum atomic E-state index is -0.335. The lowest BCUT2D eigenvalue weighted by molar-refractivity contribution is 0.102. The Kier molecular flexibility index (Phi) is 3.70. The summed E-state index contributed by atoms with van der Waals surface area (Å²) in [6.45, 7) is 1.94. The number of aryl methyl sites for hydroxylation is 1. The van der Waals surface area contributed by atoms with Crippen molar-refractivity contribution in [3.05, 3.63) is 35.7 Å². The second-order valence-corrected chi connectivity index (χ2v) is 4.00. The maximum Gasteiger partial charge on any atom is 0.278 e. The number of aromatic amines is 1. The van der Waals surface area contributed by atoms with Crippen LogP contribution in [0.5, 0.6) is 5.75 Å². The molecule has 1 aromatic carbocycles. The Labute approximate surface area is 111 Å². The first-order valence-electron chi connectivity index (χ1n) is 5.93. The van der Waals surface area contributed by atoms with E-state index in [0.29, 0.717) is 17.8 Å². The number of nitrogen functional groups attached to an aromatic ring is 1. The summed E-state index contributed by atoms with van der Waals surface area (Å²) < 4.78 is 5.05. The molecule has 0 aliphatic heterocycles. The quantitative estimate of drug-likeness (QED) is 0.781. The van der Waals surface area contributed by atoms with E-state index in [2.05, 4.69) is 15.5 Å². The Morgan fingerprint density at radius 3 is 2.63 bits per heavy atom. The van der Waals surface area contributed by atoms with E-state index in [-0.39, 0.29) is 11.6 Å². The fourth-order valence-corrected chi connectivity index (χ4v) is 1.69. The summed E-state index contributed by atoms with van der Waals surface area (Å²) in [5, 5.41) is 9.41. The summed E-state index contributed by atoms with van der Waals surface area (Å²) in [4.78, 5) is 12.0. The monoisotopic (exact) mass is 260 g/mol. The van der Waals surface area contributed by atoms with Crippen molar-refractivity contribution in [1.29, 1.82) is 0 Å². The van der Waals surface area contributed by atoms with Gasteiger partial charge in [-0.3, -0.25) is 9.89 Å². The Morgan fingerprint density at radius 2 is 2.11 bits per heavy atom. The van der Waals surface area contributed by atoms with E-state index in [4.69, 9.17) is 10.5 Å². The average molecular weight is 260 g/mol. The highest BCUT2D eigenvalue weighted by atomic mass is 16.5. The van der Waals surface area contributed by atoms with Gasteiger partial charge in [0.05, 0.1) is 18.5 Å². The molecule has 0 aliphatic rings. The van der Waals surface area contributed by atoms with Gasteiger partial charge in [0, 0.05) is 5.69 Å². The Morgan fingerprint density at radius 1 is 1.42 bits per heavy atom. The zero-order valence-electron chi connectivity index (χ0n) is 10.9. The molecule has 0 aliphatic carbocycles. The predicted octanol–water partition coefficient (Wildman–Crippen LogP) is 1.82. The molecule has 0 saturated carbocycles. The van der Waals surface area contributed by atoms with Gasteiger partial charge in [-0.1, -0.05) is 6.92 Å². The van der Waals surface area contributed by atoms with Crippen molar-refractivity contribution in [3.63, 3.8) is 0 Å². The first-order chi connectivity index (χ1) is 9.15. The summed E-state index contributed by atoms with van der Waals surface area (Å²) in [5.74, 6) is 0.393. The summed E-state index contributed by atoms with van der Waals surface area (Å²) in [7, 11) is 1.59. The van der Waals surface area contributed by atoms with Gasteiger partial charge in [-0.05, 0) is 30.7 Å². The molecule has 1 aromatic heterocycles. The van der Waals surface area contributed by atoms with Gasteiger partial charge in [-0.15, -0.1) is 0 Å². The van der Waals surface area contributed by atoms with Crippen LogP contribution in [-0.4, -0.2) is 23.2 Å². The minimum Gasteiger partial charge on any atom is -0.497 e. The van der Waals surface area contributed by atoms with Crippen LogP contribution >= 0.6 is 0 Å². The SMILES string of the molecule is CCc1[nH]nc(C(=O)Nc2ccc(OC)cc2)c1N. The molecule has 2 rings (SSSR count). The van der Waals surface area contributed by atoms with Crippen LogP contribution in [0.2, 0.25) is 0 Å². The molecule has 0 fully saturated rings. The molecule has 100 valence electrons. The number of ether oxygens (including phenoxy) is 1. The van der Waals surface area contributed by atoms with Crippen LogP contribution in [0.1, 0.15) is 23.1 Å². The molecule has 0 atom stereocenters. The normalized spacial score (nSPS) is 10.2. The topological polar surface area (TPSA) is 93.0 Å². The van der Waals surface area contributed by atoms with Crippen LogP contribution in [0, 0.1) is 0 Å². The van der Waals surface area contributed by atoms with Crippen LogP contribution in [-0.2, 0) is 6.42 Å². The number of nitrogens with one attached hydrogen (secondary N) is 2. The molecule has 1 heterocycles. The van der Waals surface area contributed by atoms with Gasteiger partial charge >= 0.3 is 0 Å². The maximum absolute atomic E-state index is 12.0. The van der Waals surface area contributed by atoms with Crippen LogP contribution in [0.4, 0.5) is 11.4 Å². The van der Waals surface area contributed by atoms with Crippen LogP contribution in [0.15, 0.2) is 24.3 Å². The van der Waals surface area contributed by atoms with Gasteiger partial charge in [0.15, 0.2) is 5.69 Å². The van der Waals surface area contributed by atoms with Crippen molar-refractivity contribution in [3.8, 4) is 5.75 Å². The van der Waals surface area contributed by atoms with E-state index in [0.717, 1.165) is 11.4 Å². The first kappa shape index (κ1) is 12.9. The number of H-pyrrole nitrogens is 1. The molecule has 4 N–H and O–H groups in total. The summed E-state index contributed by atoms with van der Waals surface area (Å²) >= 11 is 0. The third-order valence-corrected chi connectivity index (χ3v) is 2.80. The Hall–Kier alpha value is -2.50. The average Bonchev–Trinajstić information content (AvgIpc) is 2.80. The lowest BCUT2D eigenvalue weighted by Crippen LogP contribution is -2.14. The van der Waals surface area contributed by atoms with Gasteiger partial charge in [0.25, 0.3) is 5.91 Å². The van der Waals surface area contributed by atoms with Gasteiger partial charge in [-0.25, -0.2) is 0 Å². The maximum atomic E-state index is 12.0. The molecule has 19 heavy (non-hydrogen) atoms. The van der Waals surface area contributed by atoms with Crippen LogP contribution < -0.4 is 15.8 Å². The van der Waals surface area contributed by atoms with E-state index < -0.39 is 0 Å². The standard InChI is InChI=1S/C13H16N4O2/c1-3-10-11(14)12(17-16-10)13(18)15-8-4-6-9(19-2)7-5-8/h4-7H,3,14H2,1-2H3,(H,15,18)(H,16,17). The van der Waals surface area contributed by atoms with Gasteiger partial charge < -0.3 is 15.8 Å². The predicted molar refractivity (Wildman–Crippen MR) is 73.3 cm³/mol. The third kappa shape index (κ3) is 2.67. The molecular weight excluding hydrogens is 244 g/mol. The second-order valence-electron chi connectivity index (χ2n) is 4.00. The first-order valence-corrected chi connectivity index (χ1v) is 5.93.